The van der Waals surface area contributed by atoms with Crippen molar-refractivity contribution in [2.45, 2.75) is 60.4 Å². The molecule has 0 amide bonds. The Bertz CT molecular complexity index is 355. The van der Waals surface area contributed by atoms with Gasteiger partial charge in [0.2, 0.25) is 0 Å². The van der Waals surface area contributed by atoms with Crippen LogP contribution in [0, 0.1) is 11.3 Å². The standard InChI is InChI=1S/C15H30N4/c1-6-8-16-9-7-15(4,5)10-14-17-12-18-19(14)11-13(2)3/h12-13,16H,6-11H2,1-5H3. The molecule has 1 heterocycles. The summed E-state index contributed by atoms with van der Waals surface area (Å²) in [7, 11) is 0. The van der Waals surface area contributed by atoms with Gasteiger partial charge in [-0.3, -0.25) is 0 Å². The van der Waals surface area contributed by atoms with Gasteiger partial charge in [0.25, 0.3) is 0 Å². The molecule has 1 aromatic heterocycles. The number of hydrogen-bond acceptors (Lipinski definition) is 3. The molecule has 0 unspecified atom stereocenters. The fourth-order valence-electron chi connectivity index (χ4n) is 2.17. The Kier molecular flexibility index (Phi) is 6.49. The van der Waals surface area contributed by atoms with Gasteiger partial charge in [0.1, 0.15) is 12.2 Å². The molecule has 4 nitrogen and oxygen atoms in total. The van der Waals surface area contributed by atoms with Crippen LogP contribution in [0.15, 0.2) is 6.33 Å². The van der Waals surface area contributed by atoms with Crippen molar-refractivity contribution >= 4 is 0 Å². The zero-order valence-electron chi connectivity index (χ0n) is 13.2. The van der Waals surface area contributed by atoms with Crippen LogP contribution < -0.4 is 5.32 Å². The molecular formula is C15H30N4. The highest BCUT2D eigenvalue weighted by Gasteiger charge is 2.21. The predicted molar refractivity (Wildman–Crippen MR) is 80.1 cm³/mol. The predicted octanol–water partition coefficient (Wildman–Crippen LogP) is 2.89. The van der Waals surface area contributed by atoms with Crippen LogP contribution in [0.25, 0.3) is 0 Å². The molecule has 0 aliphatic heterocycles. The largest absolute Gasteiger partial charge is 0.317 e. The maximum absolute atomic E-state index is 4.43. The molecule has 0 saturated carbocycles. The summed E-state index contributed by atoms with van der Waals surface area (Å²) < 4.78 is 2.06. The van der Waals surface area contributed by atoms with Crippen molar-refractivity contribution in [1.82, 2.24) is 20.1 Å². The molecule has 0 atom stereocenters. The van der Waals surface area contributed by atoms with Crippen LogP contribution in [0.2, 0.25) is 0 Å². The van der Waals surface area contributed by atoms with Gasteiger partial charge in [0.05, 0.1) is 0 Å². The van der Waals surface area contributed by atoms with Gasteiger partial charge in [-0.15, -0.1) is 0 Å². The van der Waals surface area contributed by atoms with Crippen LogP contribution >= 0.6 is 0 Å². The lowest BCUT2D eigenvalue weighted by Crippen LogP contribution is -2.26. The van der Waals surface area contributed by atoms with Gasteiger partial charge >= 0.3 is 0 Å². The normalized spacial score (nSPS) is 12.3. The fourth-order valence-corrected chi connectivity index (χ4v) is 2.17. The Labute approximate surface area is 118 Å². The molecule has 0 spiro atoms. The van der Waals surface area contributed by atoms with E-state index in [0.717, 1.165) is 31.9 Å². The first kappa shape index (κ1) is 16.2. The van der Waals surface area contributed by atoms with Crippen molar-refractivity contribution in [3.63, 3.8) is 0 Å². The maximum atomic E-state index is 4.43. The summed E-state index contributed by atoms with van der Waals surface area (Å²) in [5.41, 5.74) is 0.266. The molecule has 0 aliphatic carbocycles. The Morgan fingerprint density at radius 1 is 1.32 bits per heavy atom. The third kappa shape index (κ3) is 6.19. The smallest absolute Gasteiger partial charge is 0.138 e. The molecule has 1 N–H and O–H groups in total. The van der Waals surface area contributed by atoms with Crippen molar-refractivity contribution in [2.24, 2.45) is 11.3 Å². The summed E-state index contributed by atoms with van der Waals surface area (Å²) in [6.07, 6.45) is 5.04. The third-order valence-corrected chi connectivity index (χ3v) is 3.28. The van der Waals surface area contributed by atoms with Crippen LogP contribution in [0.1, 0.15) is 53.3 Å². The zero-order valence-corrected chi connectivity index (χ0v) is 13.2. The molecule has 0 bridgehead atoms. The minimum atomic E-state index is 0.266. The van der Waals surface area contributed by atoms with Gasteiger partial charge in [-0.05, 0) is 37.3 Å². The number of aromatic nitrogens is 3. The van der Waals surface area contributed by atoms with Gasteiger partial charge in [-0.2, -0.15) is 5.10 Å². The van der Waals surface area contributed by atoms with Gasteiger partial charge in [0, 0.05) is 13.0 Å². The molecule has 0 fully saturated rings. The van der Waals surface area contributed by atoms with E-state index in [9.17, 15) is 0 Å². The Morgan fingerprint density at radius 3 is 2.68 bits per heavy atom. The molecule has 110 valence electrons. The van der Waals surface area contributed by atoms with Crippen LogP contribution in [0.4, 0.5) is 0 Å². The van der Waals surface area contributed by atoms with Crippen molar-refractivity contribution in [1.29, 1.82) is 0 Å². The summed E-state index contributed by atoms with van der Waals surface area (Å²) in [5.74, 6) is 1.73. The minimum absolute atomic E-state index is 0.266. The lowest BCUT2D eigenvalue weighted by molar-refractivity contribution is 0.308. The molecule has 0 aliphatic rings. The Balaban J connectivity index is 2.50. The Morgan fingerprint density at radius 2 is 2.05 bits per heavy atom. The van der Waals surface area contributed by atoms with Crippen molar-refractivity contribution in [2.75, 3.05) is 13.1 Å². The Hall–Kier alpha value is -0.900. The monoisotopic (exact) mass is 266 g/mol. The molecule has 4 heteroatoms. The van der Waals surface area contributed by atoms with Crippen LogP contribution in [-0.4, -0.2) is 27.9 Å². The molecule has 1 rings (SSSR count). The van der Waals surface area contributed by atoms with Gasteiger partial charge in [-0.1, -0.05) is 34.6 Å². The van der Waals surface area contributed by atoms with Crippen LogP contribution in [0.5, 0.6) is 0 Å². The van der Waals surface area contributed by atoms with Crippen molar-refractivity contribution in [3.8, 4) is 0 Å². The van der Waals surface area contributed by atoms with Gasteiger partial charge < -0.3 is 5.32 Å². The fraction of sp³-hybridized carbons (Fsp3) is 0.867. The SMILES string of the molecule is CCCNCCC(C)(C)Cc1ncnn1CC(C)C. The molecule has 0 saturated heterocycles. The molecule has 1 aromatic rings. The first-order valence-corrected chi connectivity index (χ1v) is 7.52. The van der Waals surface area contributed by atoms with E-state index < -0.39 is 0 Å². The van der Waals surface area contributed by atoms with Crippen molar-refractivity contribution < 1.29 is 0 Å². The summed E-state index contributed by atoms with van der Waals surface area (Å²) in [6.45, 7) is 14.4. The first-order chi connectivity index (χ1) is 8.94. The third-order valence-electron chi connectivity index (χ3n) is 3.28. The van der Waals surface area contributed by atoms with Gasteiger partial charge in [0.15, 0.2) is 0 Å². The maximum Gasteiger partial charge on any atom is 0.138 e. The lowest BCUT2D eigenvalue weighted by Gasteiger charge is -2.24. The molecule has 0 aromatic carbocycles. The summed E-state index contributed by atoms with van der Waals surface area (Å²) >= 11 is 0. The second-order valence-corrected chi connectivity index (χ2v) is 6.59. The number of nitrogens with zero attached hydrogens (tertiary/aromatic N) is 3. The topological polar surface area (TPSA) is 42.7 Å². The summed E-state index contributed by atoms with van der Waals surface area (Å²) in [5, 5.41) is 7.81. The van der Waals surface area contributed by atoms with E-state index in [0.29, 0.717) is 5.92 Å². The number of nitrogens with one attached hydrogen (secondary N) is 1. The average Bonchev–Trinajstić information content (AvgIpc) is 2.70. The lowest BCUT2D eigenvalue weighted by atomic mass is 9.85. The first-order valence-electron chi connectivity index (χ1n) is 7.52. The van der Waals surface area contributed by atoms with Crippen LogP contribution in [0.3, 0.4) is 0 Å². The quantitative estimate of drug-likeness (QED) is 0.699. The van der Waals surface area contributed by atoms with E-state index in [1.807, 2.05) is 0 Å². The van der Waals surface area contributed by atoms with Crippen LogP contribution in [-0.2, 0) is 13.0 Å². The number of hydrogen-bond donors (Lipinski definition) is 1. The van der Waals surface area contributed by atoms with E-state index in [-0.39, 0.29) is 5.41 Å². The molecular weight excluding hydrogens is 236 g/mol. The van der Waals surface area contributed by atoms with Gasteiger partial charge in [-0.25, -0.2) is 9.67 Å². The van der Waals surface area contributed by atoms with E-state index in [1.54, 1.807) is 6.33 Å². The van der Waals surface area contributed by atoms with E-state index in [2.05, 4.69) is 54.7 Å². The second kappa shape index (κ2) is 7.63. The highest BCUT2D eigenvalue weighted by atomic mass is 15.3. The van der Waals surface area contributed by atoms with Crippen molar-refractivity contribution in [3.05, 3.63) is 12.2 Å². The van der Waals surface area contributed by atoms with E-state index in [4.69, 9.17) is 0 Å². The summed E-state index contributed by atoms with van der Waals surface area (Å²) in [6, 6.07) is 0. The van der Waals surface area contributed by atoms with E-state index in [1.165, 1.54) is 12.8 Å². The average molecular weight is 266 g/mol. The number of rotatable bonds is 9. The second-order valence-electron chi connectivity index (χ2n) is 6.59. The highest BCUT2D eigenvalue weighted by molar-refractivity contribution is 4.91. The van der Waals surface area contributed by atoms with E-state index >= 15 is 0 Å². The zero-order chi connectivity index (χ0) is 14.3. The minimum Gasteiger partial charge on any atom is -0.317 e. The molecule has 19 heavy (non-hydrogen) atoms. The highest BCUT2D eigenvalue weighted by Crippen LogP contribution is 2.24. The molecule has 0 radical (unpaired) electrons. The summed E-state index contributed by atoms with van der Waals surface area (Å²) in [4.78, 5) is 4.43.